The normalized spacial score (nSPS) is 10.8. The van der Waals surface area contributed by atoms with Crippen LogP contribution in [-0.4, -0.2) is 31.1 Å². The number of alkyl halides is 3. The summed E-state index contributed by atoms with van der Waals surface area (Å²) in [4.78, 5) is 38.7. The average Bonchev–Trinajstić information content (AvgIpc) is 2.85. The molecule has 0 bridgehead atoms. The molecule has 0 spiro atoms. The Morgan fingerprint density at radius 1 is 0.865 bits per heavy atom. The number of aryl methyl sites for hydroxylation is 2. The lowest BCUT2D eigenvalue weighted by atomic mass is 10.1. The van der Waals surface area contributed by atoms with Crippen LogP contribution in [0.15, 0.2) is 67.5 Å². The van der Waals surface area contributed by atoms with Crippen LogP contribution in [0.4, 0.5) is 19.0 Å². The van der Waals surface area contributed by atoms with Gasteiger partial charge in [-0.3, -0.25) is 24.5 Å². The number of carbonyl (C=O) groups excluding carboxylic acids is 2. The largest absolute Gasteiger partial charge is 0.416 e. The highest BCUT2D eigenvalue weighted by Crippen LogP contribution is 2.35. The van der Waals surface area contributed by atoms with Crippen LogP contribution in [0, 0.1) is 13.8 Å². The molecule has 12 heteroatoms. The van der Waals surface area contributed by atoms with E-state index in [2.05, 4.69) is 25.3 Å². The summed E-state index contributed by atoms with van der Waals surface area (Å²) in [5.74, 6) is -0.239. The number of nitrogens with zero attached hydrogens (tertiary/aromatic N) is 4. The Kier molecular flexibility index (Phi) is 8.90. The lowest BCUT2D eigenvalue weighted by Gasteiger charge is -2.11. The van der Waals surface area contributed by atoms with Crippen LogP contribution in [0.3, 0.4) is 0 Å². The van der Waals surface area contributed by atoms with Crippen molar-refractivity contribution in [2.75, 3.05) is 5.32 Å². The van der Waals surface area contributed by atoms with E-state index in [1.165, 1.54) is 18.6 Å². The molecule has 1 amide bonds. The minimum atomic E-state index is -4.50. The van der Waals surface area contributed by atoms with Crippen LogP contribution in [0.2, 0.25) is 5.02 Å². The van der Waals surface area contributed by atoms with Crippen LogP contribution in [-0.2, 0) is 6.18 Å². The zero-order valence-corrected chi connectivity index (χ0v) is 20.9. The van der Waals surface area contributed by atoms with Gasteiger partial charge >= 0.3 is 6.18 Å². The molecule has 0 saturated carbocycles. The second-order valence-corrected chi connectivity index (χ2v) is 8.34. The average molecular weight is 548 g/mol. The highest BCUT2D eigenvalue weighted by Gasteiger charge is 2.31. The molecular formula is C25H18Cl2F3N5O2. The first kappa shape index (κ1) is 27.7. The number of halogens is 5. The summed E-state index contributed by atoms with van der Waals surface area (Å²) in [7, 11) is 0. The zero-order chi connectivity index (χ0) is 27.2. The smallest absolute Gasteiger partial charge is 0.305 e. The standard InChI is InChI=1S/C18H12ClF3N4O.C7H6ClNO/c1-10-7-23-5-4-12(10)17(27)26-16-9-24-15(8-25-16)13-6-11(18(20,21)22)2-3-14(13)19;1-5-4-9-3-2-6(5)7(8)10/h2-9H,1H3,(H,25,26,27);2-4H,1H3. The van der Waals surface area contributed by atoms with E-state index < -0.39 is 22.9 Å². The molecule has 0 radical (unpaired) electrons. The Morgan fingerprint density at radius 2 is 1.49 bits per heavy atom. The van der Waals surface area contributed by atoms with Crippen molar-refractivity contribution in [3.05, 3.63) is 100 Å². The zero-order valence-electron chi connectivity index (χ0n) is 19.3. The Balaban J connectivity index is 0.000000319. The molecule has 1 N–H and O–H groups in total. The lowest BCUT2D eigenvalue weighted by molar-refractivity contribution is -0.137. The second-order valence-electron chi connectivity index (χ2n) is 7.59. The van der Waals surface area contributed by atoms with E-state index in [1.54, 1.807) is 44.6 Å². The van der Waals surface area contributed by atoms with Crippen molar-refractivity contribution < 1.29 is 22.8 Å². The summed E-state index contributed by atoms with van der Waals surface area (Å²) in [5.41, 5.74) is 1.87. The number of nitrogens with one attached hydrogen (secondary N) is 1. The van der Waals surface area contributed by atoms with Crippen molar-refractivity contribution in [1.82, 2.24) is 19.9 Å². The van der Waals surface area contributed by atoms with Gasteiger partial charge in [-0.15, -0.1) is 0 Å². The van der Waals surface area contributed by atoms with Gasteiger partial charge in [-0.05, 0) is 66.9 Å². The van der Waals surface area contributed by atoms with Gasteiger partial charge in [-0.2, -0.15) is 13.2 Å². The summed E-state index contributed by atoms with van der Waals surface area (Å²) in [5, 5.41) is 2.26. The molecular weight excluding hydrogens is 530 g/mol. The number of benzene rings is 1. The first-order valence-corrected chi connectivity index (χ1v) is 11.2. The maximum absolute atomic E-state index is 12.9. The number of hydrogen-bond acceptors (Lipinski definition) is 6. The van der Waals surface area contributed by atoms with Gasteiger partial charge < -0.3 is 5.32 Å². The highest BCUT2D eigenvalue weighted by molar-refractivity contribution is 6.67. The topological polar surface area (TPSA) is 97.7 Å². The number of rotatable bonds is 4. The maximum atomic E-state index is 12.9. The number of hydrogen-bond donors (Lipinski definition) is 1. The molecule has 3 heterocycles. The van der Waals surface area contributed by atoms with Crippen molar-refractivity contribution in [2.24, 2.45) is 0 Å². The molecule has 3 aromatic heterocycles. The summed E-state index contributed by atoms with van der Waals surface area (Å²) >= 11 is 11.2. The van der Waals surface area contributed by atoms with Gasteiger partial charge in [0, 0.05) is 41.5 Å². The van der Waals surface area contributed by atoms with Crippen molar-refractivity contribution in [3.8, 4) is 11.3 Å². The van der Waals surface area contributed by atoms with Crippen LogP contribution in [0.1, 0.15) is 37.4 Å². The fourth-order valence-electron chi connectivity index (χ4n) is 3.04. The van der Waals surface area contributed by atoms with Gasteiger partial charge in [0.05, 0.1) is 28.7 Å². The van der Waals surface area contributed by atoms with E-state index >= 15 is 0 Å². The third kappa shape index (κ3) is 7.31. The van der Waals surface area contributed by atoms with Gasteiger partial charge in [-0.1, -0.05) is 11.6 Å². The Bertz CT molecular complexity index is 1430. The summed E-state index contributed by atoms with van der Waals surface area (Å²) < 4.78 is 38.7. The van der Waals surface area contributed by atoms with Crippen molar-refractivity contribution >= 4 is 40.2 Å². The first-order chi connectivity index (χ1) is 17.5. The van der Waals surface area contributed by atoms with Crippen molar-refractivity contribution in [1.29, 1.82) is 0 Å². The fourth-order valence-corrected chi connectivity index (χ4v) is 3.46. The Morgan fingerprint density at radius 3 is 1.97 bits per heavy atom. The number of anilines is 1. The SMILES string of the molecule is Cc1cnccc1C(=O)Cl.Cc1cnccc1C(=O)Nc1cnc(-c2cc(C(F)(F)F)ccc2Cl)cn1. The first-order valence-electron chi connectivity index (χ1n) is 10.5. The van der Waals surface area contributed by atoms with Crippen LogP contribution in [0.5, 0.6) is 0 Å². The lowest BCUT2D eigenvalue weighted by Crippen LogP contribution is -2.14. The van der Waals surface area contributed by atoms with Gasteiger partial charge in [0.25, 0.3) is 11.1 Å². The molecule has 0 aliphatic heterocycles. The molecule has 1 aromatic carbocycles. The maximum Gasteiger partial charge on any atom is 0.416 e. The van der Waals surface area contributed by atoms with Crippen LogP contribution in [0.25, 0.3) is 11.3 Å². The summed E-state index contributed by atoms with van der Waals surface area (Å²) in [6, 6.07) is 6.12. The minimum absolute atomic E-state index is 0.0989. The highest BCUT2D eigenvalue weighted by atomic mass is 35.5. The third-order valence-corrected chi connectivity index (χ3v) is 5.49. The molecule has 0 saturated heterocycles. The van der Waals surface area contributed by atoms with Crippen LogP contribution < -0.4 is 5.32 Å². The monoisotopic (exact) mass is 547 g/mol. The molecule has 0 unspecified atom stereocenters. The van der Waals surface area contributed by atoms with Gasteiger partial charge in [-0.25, -0.2) is 4.98 Å². The number of pyridine rings is 2. The second kappa shape index (κ2) is 11.9. The molecule has 37 heavy (non-hydrogen) atoms. The quantitative estimate of drug-likeness (QED) is 0.291. The van der Waals surface area contributed by atoms with E-state index in [-0.39, 0.29) is 22.1 Å². The van der Waals surface area contributed by atoms with Crippen LogP contribution >= 0.6 is 23.2 Å². The molecule has 0 atom stereocenters. The van der Waals surface area contributed by atoms with Crippen molar-refractivity contribution in [3.63, 3.8) is 0 Å². The van der Waals surface area contributed by atoms with Gasteiger partial charge in [0.15, 0.2) is 5.82 Å². The number of carbonyl (C=O) groups is 2. The molecule has 7 nitrogen and oxygen atoms in total. The minimum Gasteiger partial charge on any atom is -0.305 e. The van der Waals surface area contributed by atoms with Gasteiger partial charge in [0.1, 0.15) is 0 Å². The molecule has 4 aromatic rings. The Labute approximate surface area is 219 Å². The number of amides is 1. The predicted octanol–water partition coefficient (Wildman–Crippen LogP) is 6.54. The fraction of sp³-hybridized carbons (Fsp3) is 0.120. The molecule has 0 fully saturated rings. The van der Waals surface area contributed by atoms with Crippen molar-refractivity contribution in [2.45, 2.75) is 20.0 Å². The van der Waals surface area contributed by atoms with E-state index in [9.17, 15) is 22.8 Å². The van der Waals surface area contributed by atoms with E-state index in [0.29, 0.717) is 16.7 Å². The third-order valence-electron chi connectivity index (χ3n) is 4.96. The molecule has 0 aliphatic carbocycles. The molecule has 4 rings (SSSR count). The molecule has 190 valence electrons. The van der Waals surface area contributed by atoms with E-state index in [4.69, 9.17) is 23.2 Å². The Hall–Kier alpha value is -3.89. The van der Waals surface area contributed by atoms with E-state index in [1.807, 2.05) is 0 Å². The predicted molar refractivity (Wildman–Crippen MR) is 134 cm³/mol. The summed E-state index contributed by atoms with van der Waals surface area (Å²) in [6.45, 7) is 3.54. The van der Waals surface area contributed by atoms with Gasteiger partial charge in [0.2, 0.25) is 0 Å². The number of aromatic nitrogens is 4. The van der Waals surface area contributed by atoms with E-state index in [0.717, 1.165) is 23.8 Å². The molecule has 0 aliphatic rings. The summed E-state index contributed by atoms with van der Waals surface area (Å²) in [6.07, 6.45) is 4.20.